The van der Waals surface area contributed by atoms with Crippen LogP contribution in [-0.4, -0.2) is 35.8 Å². The van der Waals surface area contributed by atoms with Gasteiger partial charge in [0, 0.05) is 25.6 Å². The minimum absolute atomic E-state index is 0.128. The van der Waals surface area contributed by atoms with Gasteiger partial charge in [-0.3, -0.25) is 4.79 Å². The third-order valence-electron chi connectivity index (χ3n) is 2.84. The molecule has 0 saturated carbocycles. The highest BCUT2D eigenvalue weighted by Gasteiger charge is 2.22. The van der Waals surface area contributed by atoms with Crippen molar-refractivity contribution in [3.05, 3.63) is 16.1 Å². The summed E-state index contributed by atoms with van der Waals surface area (Å²) in [5.41, 5.74) is 0. The van der Waals surface area contributed by atoms with Crippen LogP contribution in [0.15, 0.2) is 6.20 Å². The zero-order chi connectivity index (χ0) is 10.8. The van der Waals surface area contributed by atoms with E-state index < -0.39 is 0 Å². The van der Waals surface area contributed by atoms with Crippen LogP contribution >= 0.6 is 11.3 Å². The number of piperidine rings is 1. The first kappa shape index (κ1) is 10.8. The zero-order valence-corrected chi connectivity index (χ0v) is 10.0. The molecule has 4 heteroatoms. The SMILES string of the molecule is CC(=O)c1cnc(C2CCCN(C)C2)s1. The lowest BCUT2D eigenvalue weighted by molar-refractivity contribution is 0.102. The molecule has 0 amide bonds. The van der Waals surface area contributed by atoms with Crippen LogP contribution in [0.3, 0.4) is 0 Å². The fourth-order valence-corrected chi connectivity index (χ4v) is 2.95. The van der Waals surface area contributed by atoms with Gasteiger partial charge in [-0.1, -0.05) is 0 Å². The molecule has 0 radical (unpaired) electrons. The molecule has 0 aliphatic carbocycles. The molecule has 15 heavy (non-hydrogen) atoms. The van der Waals surface area contributed by atoms with E-state index in [1.807, 2.05) is 0 Å². The predicted octanol–water partition coefficient (Wildman–Crippen LogP) is 2.15. The van der Waals surface area contributed by atoms with Crippen molar-refractivity contribution in [1.82, 2.24) is 9.88 Å². The van der Waals surface area contributed by atoms with Crippen molar-refractivity contribution >= 4 is 17.1 Å². The molecule has 0 bridgehead atoms. The normalized spacial score (nSPS) is 22.9. The van der Waals surface area contributed by atoms with E-state index in [0.717, 1.165) is 16.4 Å². The number of aromatic nitrogens is 1. The maximum atomic E-state index is 11.2. The van der Waals surface area contributed by atoms with Crippen LogP contribution in [0, 0.1) is 0 Å². The third-order valence-corrected chi connectivity index (χ3v) is 4.10. The molecular weight excluding hydrogens is 208 g/mol. The van der Waals surface area contributed by atoms with Gasteiger partial charge < -0.3 is 4.90 Å². The van der Waals surface area contributed by atoms with E-state index in [0.29, 0.717) is 5.92 Å². The average Bonchev–Trinajstić information content (AvgIpc) is 2.66. The van der Waals surface area contributed by atoms with Crippen LogP contribution in [0.25, 0.3) is 0 Å². The van der Waals surface area contributed by atoms with Gasteiger partial charge in [-0.05, 0) is 26.4 Å². The van der Waals surface area contributed by atoms with Gasteiger partial charge in [-0.25, -0.2) is 4.98 Å². The summed E-state index contributed by atoms with van der Waals surface area (Å²) in [5.74, 6) is 0.657. The number of hydrogen-bond acceptors (Lipinski definition) is 4. The number of nitrogens with zero attached hydrogens (tertiary/aromatic N) is 2. The van der Waals surface area contributed by atoms with Gasteiger partial charge in [0.1, 0.15) is 0 Å². The van der Waals surface area contributed by atoms with Crippen LogP contribution in [0.1, 0.15) is 40.4 Å². The van der Waals surface area contributed by atoms with E-state index >= 15 is 0 Å². The Balaban J connectivity index is 2.11. The zero-order valence-electron chi connectivity index (χ0n) is 9.19. The Bertz CT molecular complexity index is 361. The fourth-order valence-electron chi connectivity index (χ4n) is 2.01. The molecule has 1 fully saturated rings. The van der Waals surface area contributed by atoms with Crippen LogP contribution in [0.2, 0.25) is 0 Å². The van der Waals surface area contributed by atoms with E-state index in [2.05, 4.69) is 16.9 Å². The number of carbonyl (C=O) groups excluding carboxylic acids is 1. The Hall–Kier alpha value is -0.740. The molecule has 1 atom stereocenters. The number of likely N-dealkylation sites (tertiary alicyclic amines) is 1. The van der Waals surface area contributed by atoms with E-state index in [1.54, 1.807) is 24.5 Å². The highest BCUT2D eigenvalue weighted by molar-refractivity contribution is 7.13. The molecule has 1 aliphatic rings. The van der Waals surface area contributed by atoms with Crippen molar-refractivity contribution in [2.75, 3.05) is 20.1 Å². The van der Waals surface area contributed by atoms with Crippen molar-refractivity contribution in [3.8, 4) is 0 Å². The summed E-state index contributed by atoms with van der Waals surface area (Å²) in [5, 5.41) is 1.13. The molecule has 82 valence electrons. The number of ketones is 1. The average molecular weight is 224 g/mol. The minimum atomic E-state index is 0.128. The molecular formula is C11H16N2OS. The number of hydrogen-bond donors (Lipinski definition) is 0. The quantitative estimate of drug-likeness (QED) is 0.722. The van der Waals surface area contributed by atoms with Gasteiger partial charge in [0.2, 0.25) is 0 Å². The molecule has 1 saturated heterocycles. The Labute approximate surface area is 94.1 Å². The number of carbonyl (C=O) groups is 1. The second-order valence-electron chi connectivity index (χ2n) is 4.22. The van der Waals surface area contributed by atoms with Gasteiger partial charge >= 0.3 is 0 Å². The second-order valence-corrected chi connectivity index (χ2v) is 5.28. The molecule has 1 aliphatic heterocycles. The van der Waals surface area contributed by atoms with Gasteiger partial charge in [0.05, 0.1) is 9.88 Å². The topological polar surface area (TPSA) is 33.2 Å². The van der Waals surface area contributed by atoms with Crippen molar-refractivity contribution in [1.29, 1.82) is 0 Å². The highest BCUT2D eigenvalue weighted by atomic mass is 32.1. The molecule has 0 N–H and O–H groups in total. The summed E-state index contributed by atoms with van der Waals surface area (Å²) >= 11 is 1.56. The summed E-state index contributed by atoms with van der Waals surface area (Å²) in [7, 11) is 2.14. The first-order valence-electron chi connectivity index (χ1n) is 5.32. The Morgan fingerprint density at radius 3 is 3.07 bits per heavy atom. The standard InChI is InChI=1S/C11H16N2OS/c1-8(14)10-6-12-11(15-10)9-4-3-5-13(2)7-9/h6,9H,3-5,7H2,1-2H3. The summed E-state index contributed by atoms with van der Waals surface area (Å²) in [4.78, 5) is 18.7. The Kier molecular flexibility index (Phi) is 3.17. The van der Waals surface area contributed by atoms with Gasteiger partial charge in [0.15, 0.2) is 5.78 Å². The number of thiazole rings is 1. The maximum absolute atomic E-state index is 11.2. The van der Waals surface area contributed by atoms with E-state index in [9.17, 15) is 4.79 Å². The fraction of sp³-hybridized carbons (Fsp3) is 0.636. The smallest absolute Gasteiger partial charge is 0.171 e. The van der Waals surface area contributed by atoms with Crippen molar-refractivity contribution in [2.45, 2.75) is 25.7 Å². The van der Waals surface area contributed by atoms with E-state index in [4.69, 9.17) is 0 Å². The second kappa shape index (κ2) is 4.41. The Morgan fingerprint density at radius 2 is 2.47 bits per heavy atom. The molecule has 2 heterocycles. The lowest BCUT2D eigenvalue weighted by atomic mass is 9.99. The molecule has 0 aromatic carbocycles. The maximum Gasteiger partial charge on any atom is 0.171 e. The first-order chi connectivity index (χ1) is 7.16. The third kappa shape index (κ3) is 2.44. The Morgan fingerprint density at radius 1 is 1.67 bits per heavy atom. The van der Waals surface area contributed by atoms with Crippen molar-refractivity contribution in [2.24, 2.45) is 0 Å². The van der Waals surface area contributed by atoms with Gasteiger partial charge in [-0.15, -0.1) is 11.3 Å². The lowest BCUT2D eigenvalue weighted by Gasteiger charge is -2.28. The minimum Gasteiger partial charge on any atom is -0.306 e. The van der Waals surface area contributed by atoms with Crippen LogP contribution in [-0.2, 0) is 0 Å². The number of Topliss-reactive ketones (excluding diaryl/α,β-unsaturated/α-hetero) is 1. The van der Waals surface area contributed by atoms with Crippen LogP contribution < -0.4 is 0 Å². The van der Waals surface area contributed by atoms with Crippen molar-refractivity contribution in [3.63, 3.8) is 0 Å². The first-order valence-corrected chi connectivity index (χ1v) is 6.13. The molecule has 2 rings (SSSR count). The van der Waals surface area contributed by atoms with E-state index in [-0.39, 0.29) is 5.78 Å². The lowest BCUT2D eigenvalue weighted by Crippen LogP contribution is -2.30. The summed E-state index contributed by atoms with van der Waals surface area (Å²) in [6.45, 7) is 3.86. The van der Waals surface area contributed by atoms with E-state index in [1.165, 1.54) is 19.4 Å². The molecule has 1 aromatic heterocycles. The number of likely N-dealkylation sites (N-methyl/N-ethyl adjacent to an activating group) is 1. The molecule has 3 nitrogen and oxygen atoms in total. The highest BCUT2D eigenvalue weighted by Crippen LogP contribution is 2.29. The summed E-state index contributed by atoms with van der Waals surface area (Å²) < 4.78 is 0. The largest absolute Gasteiger partial charge is 0.306 e. The van der Waals surface area contributed by atoms with Crippen LogP contribution in [0.5, 0.6) is 0 Å². The van der Waals surface area contributed by atoms with Gasteiger partial charge in [0.25, 0.3) is 0 Å². The molecule has 0 spiro atoms. The molecule has 1 aromatic rings. The summed E-state index contributed by atoms with van der Waals surface area (Å²) in [6, 6.07) is 0. The predicted molar refractivity (Wildman–Crippen MR) is 61.6 cm³/mol. The van der Waals surface area contributed by atoms with Crippen LogP contribution in [0.4, 0.5) is 0 Å². The number of rotatable bonds is 2. The van der Waals surface area contributed by atoms with Gasteiger partial charge in [-0.2, -0.15) is 0 Å². The monoisotopic (exact) mass is 224 g/mol. The van der Waals surface area contributed by atoms with Crippen molar-refractivity contribution < 1.29 is 4.79 Å². The summed E-state index contributed by atoms with van der Waals surface area (Å²) in [6.07, 6.45) is 4.16. The molecule has 1 unspecified atom stereocenters.